The van der Waals surface area contributed by atoms with E-state index in [1.54, 1.807) is 13.3 Å². The maximum absolute atomic E-state index is 6.08. The summed E-state index contributed by atoms with van der Waals surface area (Å²) in [4.78, 5) is 4.52. The van der Waals surface area contributed by atoms with Crippen molar-refractivity contribution in [3.8, 4) is 17.0 Å². The third-order valence-corrected chi connectivity index (χ3v) is 4.25. The molecule has 0 amide bonds. The molecule has 0 fully saturated rings. The lowest BCUT2D eigenvalue weighted by Gasteiger charge is -2.04. The van der Waals surface area contributed by atoms with Crippen molar-refractivity contribution >= 4 is 34.3 Å². The first kappa shape index (κ1) is 15.5. The highest BCUT2D eigenvalue weighted by atomic mass is 35.5. The zero-order valence-electron chi connectivity index (χ0n) is 12.4. The van der Waals surface area contributed by atoms with Crippen LogP contribution in [0.5, 0.6) is 5.75 Å². The van der Waals surface area contributed by atoms with Gasteiger partial charge in [-0.1, -0.05) is 41.9 Å². The quantitative estimate of drug-likeness (QED) is 0.528. The van der Waals surface area contributed by atoms with Crippen LogP contribution in [0.4, 0.5) is 5.13 Å². The second-order valence-corrected chi connectivity index (χ2v) is 5.90. The number of nitrogens with zero attached hydrogens (tertiary/aromatic N) is 2. The average Bonchev–Trinajstić information content (AvgIpc) is 3.05. The van der Waals surface area contributed by atoms with E-state index in [9.17, 15) is 0 Å². The van der Waals surface area contributed by atoms with Crippen molar-refractivity contribution in [1.29, 1.82) is 0 Å². The van der Waals surface area contributed by atoms with E-state index in [4.69, 9.17) is 16.3 Å². The summed E-state index contributed by atoms with van der Waals surface area (Å²) in [6.45, 7) is 0. The molecule has 2 aromatic carbocycles. The smallest absolute Gasteiger partial charge is 0.203 e. The van der Waals surface area contributed by atoms with Crippen molar-refractivity contribution in [3.05, 3.63) is 64.5 Å². The number of benzene rings is 2. The summed E-state index contributed by atoms with van der Waals surface area (Å²) in [6.07, 6.45) is 1.67. The zero-order chi connectivity index (χ0) is 16.1. The van der Waals surface area contributed by atoms with Gasteiger partial charge in [-0.15, -0.1) is 11.3 Å². The minimum absolute atomic E-state index is 0.659. The standard InChI is InChI=1S/C17H14ClN3OS/c1-22-16-9-5-3-7-13(16)15-11-23-17(20-15)21-19-10-12-6-2-4-8-14(12)18/h2-11H,1H3,(H,20,21)/b19-10-. The van der Waals surface area contributed by atoms with Gasteiger partial charge in [0.25, 0.3) is 0 Å². The largest absolute Gasteiger partial charge is 0.496 e. The van der Waals surface area contributed by atoms with Crippen LogP contribution in [0.3, 0.4) is 0 Å². The van der Waals surface area contributed by atoms with E-state index < -0.39 is 0 Å². The van der Waals surface area contributed by atoms with Gasteiger partial charge in [-0.25, -0.2) is 4.98 Å². The third-order valence-electron chi connectivity index (χ3n) is 3.16. The fourth-order valence-electron chi connectivity index (χ4n) is 2.04. The summed E-state index contributed by atoms with van der Waals surface area (Å²) >= 11 is 7.56. The Kier molecular flexibility index (Phi) is 4.90. The number of halogens is 1. The summed E-state index contributed by atoms with van der Waals surface area (Å²) in [5.74, 6) is 0.795. The topological polar surface area (TPSA) is 46.5 Å². The fraction of sp³-hybridized carbons (Fsp3) is 0.0588. The third kappa shape index (κ3) is 3.70. The van der Waals surface area contributed by atoms with E-state index in [1.165, 1.54) is 11.3 Å². The van der Waals surface area contributed by atoms with Gasteiger partial charge in [-0.2, -0.15) is 5.10 Å². The molecule has 1 aromatic heterocycles. The Balaban J connectivity index is 1.74. The first-order valence-corrected chi connectivity index (χ1v) is 8.16. The summed E-state index contributed by atoms with van der Waals surface area (Å²) in [5, 5.41) is 7.51. The Bertz CT molecular complexity index is 832. The lowest BCUT2D eigenvalue weighted by molar-refractivity contribution is 0.416. The van der Waals surface area contributed by atoms with Gasteiger partial charge in [-0.05, 0) is 18.2 Å². The SMILES string of the molecule is COc1ccccc1-c1csc(N/N=C\c2ccccc2Cl)n1. The first-order chi connectivity index (χ1) is 11.3. The van der Waals surface area contributed by atoms with Crippen LogP contribution < -0.4 is 10.2 Å². The predicted octanol–water partition coefficient (Wildman–Crippen LogP) is 4.92. The second-order valence-electron chi connectivity index (χ2n) is 4.63. The Morgan fingerprint density at radius 1 is 1.17 bits per heavy atom. The average molecular weight is 344 g/mol. The van der Waals surface area contributed by atoms with E-state index >= 15 is 0 Å². The molecule has 116 valence electrons. The number of hydrazone groups is 1. The molecule has 0 spiro atoms. The molecule has 0 radical (unpaired) electrons. The van der Waals surface area contributed by atoms with Crippen LogP contribution in [0.15, 0.2) is 59.0 Å². The van der Waals surface area contributed by atoms with Crippen LogP contribution in [0.1, 0.15) is 5.56 Å². The molecular formula is C17H14ClN3OS. The van der Waals surface area contributed by atoms with E-state index in [2.05, 4.69) is 15.5 Å². The highest BCUT2D eigenvalue weighted by molar-refractivity contribution is 7.14. The minimum Gasteiger partial charge on any atom is -0.496 e. The lowest BCUT2D eigenvalue weighted by atomic mass is 10.1. The van der Waals surface area contributed by atoms with Gasteiger partial charge in [0.15, 0.2) is 0 Å². The predicted molar refractivity (Wildman–Crippen MR) is 96.8 cm³/mol. The van der Waals surface area contributed by atoms with Crippen LogP contribution in [0.25, 0.3) is 11.3 Å². The van der Waals surface area contributed by atoms with Crippen molar-refractivity contribution in [3.63, 3.8) is 0 Å². The van der Waals surface area contributed by atoms with Crippen molar-refractivity contribution < 1.29 is 4.74 Å². The van der Waals surface area contributed by atoms with Gasteiger partial charge in [0.05, 0.1) is 19.0 Å². The summed E-state index contributed by atoms with van der Waals surface area (Å²) in [5.41, 5.74) is 5.58. The van der Waals surface area contributed by atoms with Gasteiger partial charge in [0.2, 0.25) is 5.13 Å². The molecule has 3 aromatic rings. The van der Waals surface area contributed by atoms with E-state index in [0.29, 0.717) is 10.2 Å². The molecular weight excluding hydrogens is 330 g/mol. The van der Waals surface area contributed by atoms with Gasteiger partial charge >= 0.3 is 0 Å². The molecule has 0 aliphatic heterocycles. The van der Waals surface area contributed by atoms with Crippen LogP contribution in [-0.2, 0) is 0 Å². The maximum Gasteiger partial charge on any atom is 0.203 e. The van der Waals surface area contributed by atoms with Crippen LogP contribution in [-0.4, -0.2) is 18.3 Å². The second kappa shape index (κ2) is 7.26. The molecule has 0 aliphatic rings. The van der Waals surface area contributed by atoms with Gasteiger partial charge in [0, 0.05) is 21.5 Å². The molecule has 0 bridgehead atoms. The number of thiazole rings is 1. The molecule has 3 rings (SSSR count). The molecule has 23 heavy (non-hydrogen) atoms. The van der Waals surface area contributed by atoms with Crippen LogP contribution >= 0.6 is 22.9 Å². The summed E-state index contributed by atoms with van der Waals surface area (Å²) in [7, 11) is 1.65. The number of nitrogens with one attached hydrogen (secondary N) is 1. The number of anilines is 1. The zero-order valence-corrected chi connectivity index (χ0v) is 13.9. The highest BCUT2D eigenvalue weighted by Gasteiger charge is 2.08. The number of hydrogen-bond acceptors (Lipinski definition) is 5. The number of methoxy groups -OCH3 is 1. The molecule has 0 saturated heterocycles. The number of hydrogen-bond donors (Lipinski definition) is 1. The monoisotopic (exact) mass is 343 g/mol. The van der Waals surface area contributed by atoms with Crippen molar-refractivity contribution in [2.75, 3.05) is 12.5 Å². The number of aromatic nitrogens is 1. The molecule has 0 saturated carbocycles. The molecule has 0 aliphatic carbocycles. The Hall–Kier alpha value is -2.37. The fourth-order valence-corrected chi connectivity index (χ4v) is 2.89. The Labute approximate surface area is 143 Å². The van der Waals surface area contributed by atoms with E-state index in [1.807, 2.05) is 53.9 Å². The number of rotatable bonds is 5. The highest BCUT2D eigenvalue weighted by Crippen LogP contribution is 2.31. The van der Waals surface area contributed by atoms with Crippen LogP contribution in [0, 0.1) is 0 Å². The molecule has 0 unspecified atom stereocenters. The Morgan fingerprint density at radius 2 is 1.96 bits per heavy atom. The summed E-state index contributed by atoms with van der Waals surface area (Å²) < 4.78 is 5.36. The Morgan fingerprint density at radius 3 is 2.78 bits per heavy atom. The van der Waals surface area contributed by atoms with Crippen molar-refractivity contribution in [1.82, 2.24) is 4.98 Å². The first-order valence-electron chi connectivity index (χ1n) is 6.90. The van der Waals surface area contributed by atoms with Crippen molar-refractivity contribution in [2.24, 2.45) is 5.10 Å². The number of para-hydroxylation sites is 1. The molecule has 1 heterocycles. The van der Waals surface area contributed by atoms with Gasteiger partial charge in [-0.3, -0.25) is 5.43 Å². The normalized spacial score (nSPS) is 10.9. The van der Waals surface area contributed by atoms with Crippen LogP contribution in [0.2, 0.25) is 5.02 Å². The molecule has 1 N–H and O–H groups in total. The van der Waals surface area contributed by atoms with Crippen molar-refractivity contribution in [2.45, 2.75) is 0 Å². The lowest BCUT2D eigenvalue weighted by Crippen LogP contribution is -1.91. The molecule has 4 nitrogen and oxygen atoms in total. The molecule has 6 heteroatoms. The number of ether oxygens (including phenoxy) is 1. The van der Waals surface area contributed by atoms with E-state index in [-0.39, 0.29) is 0 Å². The van der Waals surface area contributed by atoms with E-state index in [0.717, 1.165) is 22.6 Å². The van der Waals surface area contributed by atoms with Gasteiger partial charge < -0.3 is 4.74 Å². The maximum atomic E-state index is 6.08. The molecule has 0 atom stereocenters. The minimum atomic E-state index is 0.659. The summed E-state index contributed by atoms with van der Waals surface area (Å²) in [6, 6.07) is 15.3. The van der Waals surface area contributed by atoms with Gasteiger partial charge in [0.1, 0.15) is 5.75 Å².